The summed E-state index contributed by atoms with van der Waals surface area (Å²) in [6.45, 7) is 7.75. The van der Waals surface area contributed by atoms with Crippen molar-refractivity contribution < 1.29 is 29.3 Å². The maximum Gasteiger partial charge on any atom is 0.332 e. The van der Waals surface area contributed by atoms with Crippen LogP contribution >= 0.6 is 0 Å². The van der Waals surface area contributed by atoms with Crippen LogP contribution in [0.3, 0.4) is 0 Å². The van der Waals surface area contributed by atoms with E-state index in [1.54, 1.807) is 0 Å². The quantitative estimate of drug-likeness (QED) is 0.321. The van der Waals surface area contributed by atoms with Gasteiger partial charge in [-0.2, -0.15) is 0 Å². The number of carboxylic acids is 2. The Kier molecular flexibility index (Phi) is 9.90. The fourth-order valence-electron chi connectivity index (χ4n) is 1.46. The third-order valence-corrected chi connectivity index (χ3v) is 2.34. The molecule has 0 spiro atoms. The van der Waals surface area contributed by atoms with Crippen molar-refractivity contribution in [1.29, 1.82) is 0 Å². The average molecular weight is 284 g/mol. The van der Waals surface area contributed by atoms with Gasteiger partial charge in [0, 0.05) is 24.0 Å². The molecule has 0 aromatic carbocycles. The van der Waals surface area contributed by atoms with Crippen molar-refractivity contribution in [3.8, 4) is 0 Å². The van der Waals surface area contributed by atoms with Gasteiger partial charge in [0.25, 0.3) is 0 Å². The summed E-state index contributed by atoms with van der Waals surface area (Å²) in [4.78, 5) is 22.3. The van der Waals surface area contributed by atoms with Crippen molar-refractivity contribution in [2.75, 3.05) is 26.4 Å². The summed E-state index contributed by atoms with van der Waals surface area (Å²) in [6, 6.07) is 0. The normalized spacial score (nSPS) is 11.6. The van der Waals surface area contributed by atoms with Crippen LogP contribution in [0.4, 0.5) is 0 Å². The lowest BCUT2D eigenvalue weighted by molar-refractivity contribution is -0.136. The number of carbonyl (C=O) groups is 2. The lowest BCUT2D eigenvalue weighted by atomic mass is 10.0. The van der Waals surface area contributed by atoms with Crippen LogP contribution in [0.25, 0.3) is 0 Å². The Balaban J connectivity index is 4.75. The highest BCUT2D eigenvalue weighted by Gasteiger charge is 2.19. The molecule has 0 atom stereocenters. The second kappa shape index (κ2) is 11.0. The van der Waals surface area contributed by atoms with E-state index in [2.05, 4.69) is 13.2 Å². The molecule has 2 N–H and O–H groups in total. The molecular formula is C14H20O6. The third-order valence-electron chi connectivity index (χ3n) is 2.34. The van der Waals surface area contributed by atoms with Gasteiger partial charge < -0.3 is 19.7 Å². The maximum absolute atomic E-state index is 11.1. The van der Waals surface area contributed by atoms with Gasteiger partial charge in [0.1, 0.15) is 0 Å². The minimum Gasteiger partial charge on any atom is -0.478 e. The van der Waals surface area contributed by atoms with E-state index >= 15 is 0 Å². The summed E-state index contributed by atoms with van der Waals surface area (Å²) in [5.41, 5.74) is -0.326. The molecule has 0 amide bonds. The molecule has 0 fully saturated rings. The van der Waals surface area contributed by atoms with Crippen molar-refractivity contribution >= 4 is 11.9 Å². The second-order valence-electron chi connectivity index (χ2n) is 3.79. The van der Waals surface area contributed by atoms with Crippen LogP contribution in [0.5, 0.6) is 0 Å². The molecule has 0 aliphatic rings. The highest BCUT2D eigenvalue weighted by Crippen LogP contribution is 2.14. The van der Waals surface area contributed by atoms with Gasteiger partial charge in [-0.05, 0) is 0 Å². The molecule has 0 radical (unpaired) electrons. The predicted molar refractivity (Wildman–Crippen MR) is 73.6 cm³/mol. The lowest BCUT2D eigenvalue weighted by Crippen LogP contribution is -2.15. The zero-order valence-corrected chi connectivity index (χ0v) is 11.3. The van der Waals surface area contributed by atoms with E-state index in [-0.39, 0.29) is 50.4 Å². The third kappa shape index (κ3) is 7.50. The molecule has 0 aliphatic carbocycles. The summed E-state index contributed by atoms with van der Waals surface area (Å²) in [5, 5.41) is 18.2. The van der Waals surface area contributed by atoms with Gasteiger partial charge in [0.05, 0.1) is 26.4 Å². The number of hydrogen-bond acceptors (Lipinski definition) is 4. The summed E-state index contributed by atoms with van der Waals surface area (Å²) < 4.78 is 10.2. The van der Waals surface area contributed by atoms with Gasteiger partial charge in [-0.1, -0.05) is 12.2 Å². The maximum atomic E-state index is 11.1. The molecular weight excluding hydrogens is 264 g/mol. The minimum atomic E-state index is -1.26. The molecule has 112 valence electrons. The van der Waals surface area contributed by atoms with E-state index < -0.39 is 11.9 Å². The van der Waals surface area contributed by atoms with Crippen LogP contribution in [0.15, 0.2) is 36.5 Å². The fourth-order valence-corrected chi connectivity index (χ4v) is 1.46. The van der Waals surface area contributed by atoms with Gasteiger partial charge in [-0.3, -0.25) is 0 Å². The summed E-state index contributed by atoms with van der Waals surface area (Å²) in [5.74, 6) is -2.51. The summed E-state index contributed by atoms with van der Waals surface area (Å²) >= 11 is 0. The first kappa shape index (κ1) is 18.1. The van der Waals surface area contributed by atoms with Gasteiger partial charge in [0.15, 0.2) is 0 Å². The molecule has 0 saturated heterocycles. The van der Waals surface area contributed by atoms with Crippen LogP contribution < -0.4 is 0 Å². The Morgan fingerprint density at radius 2 is 1.20 bits per heavy atom. The van der Waals surface area contributed by atoms with Gasteiger partial charge >= 0.3 is 11.9 Å². The highest BCUT2D eigenvalue weighted by molar-refractivity contribution is 5.98. The molecule has 0 unspecified atom stereocenters. The number of aliphatic carboxylic acids is 2. The minimum absolute atomic E-state index is 0.0201. The van der Waals surface area contributed by atoms with E-state index in [1.165, 1.54) is 12.2 Å². The van der Waals surface area contributed by atoms with Gasteiger partial charge in [0.2, 0.25) is 0 Å². The van der Waals surface area contributed by atoms with Crippen molar-refractivity contribution in [2.24, 2.45) is 0 Å². The smallest absolute Gasteiger partial charge is 0.332 e. The number of carboxylic acid groups (broad SMARTS) is 2. The van der Waals surface area contributed by atoms with Crippen LogP contribution in [-0.2, 0) is 19.1 Å². The first-order valence-corrected chi connectivity index (χ1v) is 6.10. The standard InChI is InChI=1S/C14H20O6/c1-3-7-19-9-5-11(13(15)16)12(14(17)18)6-10-20-8-4-2/h3-4H,1-2,5-10H2,(H,15,16)(H,17,18). The first-order valence-electron chi connectivity index (χ1n) is 6.10. The largest absolute Gasteiger partial charge is 0.478 e. The summed E-state index contributed by atoms with van der Waals surface area (Å²) in [6.07, 6.45) is 3.11. The van der Waals surface area contributed by atoms with Crippen molar-refractivity contribution in [3.63, 3.8) is 0 Å². The Morgan fingerprint density at radius 1 is 0.850 bits per heavy atom. The molecule has 0 heterocycles. The van der Waals surface area contributed by atoms with E-state index in [0.717, 1.165) is 0 Å². The molecule has 6 heteroatoms. The van der Waals surface area contributed by atoms with E-state index in [4.69, 9.17) is 19.7 Å². The molecule has 0 saturated carbocycles. The van der Waals surface area contributed by atoms with E-state index in [1.807, 2.05) is 0 Å². The van der Waals surface area contributed by atoms with Crippen LogP contribution in [0, 0.1) is 0 Å². The van der Waals surface area contributed by atoms with Gasteiger partial charge in [-0.25, -0.2) is 9.59 Å². The molecule has 0 aromatic heterocycles. The molecule has 0 bridgehead atoms. The van der Waals surface area contributed by atoms with Crippen molar-refractivity contribution in [1.82, 2.24) is 0 Å². The predicted octanol–water partition coefficient (Wildman–Crippen LogP) is 1.64. The SMILES string of the molecule is C=CCOCCC(C(=O)O)=C(CCOCC=C)C(=O)O. The molecule has 20 heavy (non-hydrogen) atoms. The van der Waals surface area contributed by atoms with Crippen LogP contribution in [-0.4, -0.2) is 48.6 Å². The van der Waals surface area contributed by atoms with Gasteiger partial charge in [-0.15, -0.1) is 13.2 Å². The van der Waals surface area contributed by atoms with E-state index in [0.29, 0.717) is 0 Å². The average Bonchev–Trinajstić information content (AvgIpc) is 2.39. The van der Waals surface area contributed by atoms with Crippen LogP contribution in [0.2, 0.25) is 0 Å². The zero-order chi connectivity index (χ0) is 15.4. The topological polar surface area (TPSA) is 93.1 Å². The molecule has 0 aliphatic heterocycles. The number of ether oxygens (including phenoxy) is 2. The summed E-state index contributed by atoms with van der Waals surface area (Å²) in [7, 11) is 0. The Labute approximate surface area is 118 Å². The second-order valence-corrected chi connectivity index (χ2v) is 3.79. The zero-order valence-electron chi connectivity index (χ0n) is 11.3. The Morgan fingerprint density at radius 3 is 1.45 bits per heavy atom. The van der Waals surface area contributed by atoms with Crippen LogP contribution in [0.1, 0.15) is 12.8 Å². The van der Waals surface area contributed by atoms with Crippen molar-refractivity contribution in [2.45, 2.75) is 12.8 Å². The lowest BCUT2D eigenvalue weighted by Gasteiger charge is -2.09. The molecule has 6 nitrogen and oxygen atoms in total. The molecule has 0 aromatic rings. The van der Waals surface area contributed by atoms with Crippen molar-refractivity contribution in [3.05, 3.63) is 36.5 Å². The van der Waals surface area contributed by atoms with E-state index in [9.17, 15) is 9.59 Å². The number of rotatable bonds is 12. The number of hydrogen-bond donors (Lipinski definition) is 2. The monoisotopic (exact) mass is 284 g/mol. The fraction of sp³-hybridized carbons (Fsp3) is 0.429. The first-order chi connectivity index (χ1) is 9.54. The molecule has 0 rings (SSSR count). The Hall–Kier alpha value is -1.92. The Bertz CT molecular complexity index is 347. The highest BCUT2D eigenvalue weighted by atomic mass is 16.5.